The van der Waals surface area contributed by atoms with Gasteiger partial charge in [0.05, 0.1) is 12.7 Å². The highest BCUT2D eigenvalue weighted by Gasteiger charge is 2.36. The van der Waals surface area contributed by atoms with Crippen LogP contribution in [0.2, 0.25) is 0 Å². The molecule has 0 amide bonds. The summed E-state index contributed by atoms with van der Waals surface area (Å²) in [5.41, 5.74) is 5.81. The number of rotatable bonds is 10. The maximum Gasteiger partial charge on any atom is 0.313 e. The van der Waals surface area contributed by atoms with Crippen LogP contribution in [-0.2, 0) is 27.2 Å². The van der Waals surface area contributed by atoms with Crippen molar-refractivity contribution in [3.05, 3.63) is 22.3 Å². The number of aliphatic hydroxyl groups excluding tert-OH is 1. The molecular weight excluding hydrogens is 394 g/mol. The molecule has 0 radical (unpaired) electrons. The average molecular weight is 434 g/mol. The predicted octanol–water partition coefficient (Wildman–Crippen LogP) is 4.10. The maximum absolute atomic E-state index is 12.1. The number of ketones is 1. The minimum atomic E-state index is -0.809. The molecule has 0 bridgehead atoms. The van der Waals surface area contributed by atoms with E-state index in [9.17, 15) is 14.7 Å². The Morgan fingerprint density at radius 1 is 1.26 bits per heavy atom. The van der Waals surface area contributed by atoms with Crippen molar-refractivity contribution in [3.8, 4) is 5.75 Å². The van der Waals surface area contributed by atoms with Crippen LogP contribution >= 0.6 is 0 Å². The van der Waals surface area contributed by atoms with Crippen LogP contribution in [0.5, 0.6) is 5.75 Å². The van der Waals surface area contributed by atoms with Crippen molar-refractivity contribution >= 4 is 17.4 Å². The van der Waals surface area contributed by atoms with Gasteiger partial charge in [0, 0.05) is 43.8 Å². The molecule has 1 atom stereocenters. The van der Waals surface area contributed by atoms with E-state index in [4.69, 9.17) is 9.47 Å². The number of ether oxygens (including phenoxy) is 2. The standard InChI is InChI=1S/C25H39NO5/c1-9-30-21(29)13-18(28)12-17(27)10-11-19-22(15(2)3)23(26(7)8)16(4)20-14-25(5,6)31-24(19)20/h15,17,27H,9-14H2,1-8H3. The molecule has 0 spiro atoms. The Kier molecular flexibility index (Phi) is 8.15. The predicted molar refractivity (Wildman–Crippen MR) is 123 cm³/mol. The highest BCUT2D eigenvalue weighted by molar-refractivity contribution is 5.95. The largest absolute Gasteiger partial charge is 0.487 e. The van der Waals surface area contributed by atoms with Gasteiger partial charge in [0.1, 0.15) is 23.6 Å². The molecule has 6 nitrogen and oxygen atoms in total. The topological polar surface area (TPSA) is 76.1 Å². The molecule has 6 heteroatoms. The summed E-state index contributed by atoms with van der Waals surface area (Å²) in [6, 6.07) is 0. The van der Waals surface area contributed by atoms with Crippen molar-refractivity contribution in [2.24, 2.45) is 0 Å². The molecule has 31 heavy (non-hydrogen) atoms. The minimum Gasteiger partial charge on any atom is -0.487 e. The van der Waals surface area contributed by atoms with Crippen LogP contribution in [0.4, 0.5) is 5.69 Å². The van der Waals surface area contributed by atoms with E-state index in [-0.39, 0.29) is 36.8 Å². The van der Waals surface area contributed by atoms with Gasteiger partial charge >= 0.3 is 5.97 Å². The van der Waals surface area contributed by atoms with Crippen LogP contribution in [0.15, 0.2) is 0 Å². The lowest BCUT2D eigenvalue weighted by Gasteiger charge is -2.28. The number of benzene rings is 1. The summed E-state index contributed by atoms with van der Waals surface area (Å²) in [4.78, 5) is 25.8. The zero-order chi connectivity index (χ0) is 23.5. The highest BCUT2D eigenvalue weighted by Crippen LogP contribution is 2.48. The number of carbonyl (C=O) groups is 2. The third-order valence-corrected chi connectivity index (χ3v) is 5.78. The van der Waals surface area contributed by atoms with Crippen LogP contribution in [0.25, 0.3) is 0 Å². The molecule has 1 aromatic carbocycles. The molecule has 2 rings (SSSR count). The first-order valence-electron chi connectivity index (χ1n) is 11.3. The molecule has 1 heterocycles. The van der Waals surface area contributed by atoms with Crippen molar-refractivity contribution in [3.63, 3.8) is 0 Å². The van der Waals surface area contributed by atoms with Gasteiger partial charge in [-0.2, -0.15) is 0 Å². The Balaban J connectivity index is 2.30. The summed E-state index contributed by atoms with van der Waals surface area (Å²) in [6.45, 7) is 12.7. The van der Waals surface area contributed by atoms with Gasteiger partial charge in [-0.05, 0) is 57.6 Å². The lowest BCUT2D eigenvalue weighted by Crippen LogP contribution is -2.25. The summed E-state index contributed by atoms with van der Waals surface area (Å²) in [5, 5.41) is 10.5. The Hall–Kier alpha value is -2.08. The second-order valence-electron chi connectivity index (χ2n) is 9.68. The van der Waals surface area contributed by atoms with E-state index in [0.29, 0.717) is 12.8 Å². The van der Waals surface area contributed by atoms with Crippen LogP contribution in [0.1, 0.15) is 82.1 Å². The van der Waals surface area contributed by atoms with Gasteiger partial charge < -0.3 is 19.5 Å². The lowest BCUT2D eigenvalue weighted by atomic mass is 9.84. The van der Waals surface area contributed by atoms with Crippen molar-refractivity contribution < 1.29 is 24.2 Å². The molecule has 0 aromatic heterocycles. The summed E-state index contributed by atoms with van der Waals surface area (Å²) in [6.07, 6.45) is 0.750. The zero-order valence-electron chi connectivity index (χ0n) is 20.4. The third kappa shape index (κ3) is 6.00. The van der Waals surface area contributed by atoms with Gasteiger partial charge in [-0.3, -0.25) is 9.59 Å². The Morgan fingerprint density at radius 2 is 1.90 bits per heavy atom. The molecule has 0 saturated heterocycles. The second-order valence-corrected chi connectivity index (χ2v) is 9.68. The average Bonchev–Trinajstić information content (AvgIpc) is 2.95. The summed E-state index contributed by atoms with van der Waals surface area (Å²) >= 11 is 0. The van der Waals surface area contributed by atoms with Gasteiger partial charge in [0.25, 0.3) is 0 Å². The fourth-order valence-corrected chi connectivity index (χ4v) is 4.60. The summed E-state index contributed by atoms with van der Waals surface area (Å²) in [7, 11) is 4.13. The molecule has 0 saturated carbocycles. The second kappa shape index (κ2) is 10.0. The van der Waals surface area contributed by atoms with Gasteiger partial charge in [0.2, 0.25) is 0 Å². The van der Waals surface area contributed by atoms with E-state index in [1.807, 2.05) is 0 Å². The number of anilines is 1. The summed E-state index contributed by atoms with van der Waals surface area (Å²) < 4.78 is 11.2. The Bertz CT molecular complexity index is 826. The number of Topliss-reactive ketones (excluding diaryl/α,β-unsaturated/α-hetero) is 1. The van der Waals surface area contributed by atoms with E-state index in [0.717, 1.165) is 17.7 Å². The van der Waals surface area contributed by atoms with E-state index >= 15 is 0 Å². The molecule has 1 aromatic rings. The first-order chi connectivity index (χ1) is 14.4. The number of nitrogens with zero attached hydrogens (tertiary/aromatic N) is 1. The maximum atomic E-state index is 12.1. The van der Waals surface area contributed by atoms with Crippen LogP contribution < -0.4 is 9.64 Å². The van der Waals surface area contributed by atoms with Gasteiger partial charge in [-0.25, -0.2) is 0 Å². The monoisotopic (exact) mass is 433 g/mol. The van der Waals surface area contributed by atoms with E-state index < -0.39 is 12.1 Å². The number of hydrogen-bond donors (Lipinski definition) is 1. The van der Waals surface area contributed by atoms with Crippen LogP contribution in [0, 0.1) is 6.92 Å². The minimum absolute atomic E-state index is 0.0449. The molecule has 0 aliphatic carbocycles. The van der Waals surface area contributed by atoms with Gasteiger partial charge in [-0.1, -0.05) is 13.8 Å². The molecule has 1 aliphatic rings. The fraction of sp³-hybridized carbons (Fsp3) is 0.680. The molecule has 0 fully saturated rings. The Morgan fingerprint density at radius 3 is 2.45 bits per heavy atom. The first kappa shape index (κ1) is 25.2. The molecule has 1 unspecified atom stereocenters. The molecule has 174 valence electrons. The van der Waals surface area contributed by atoms with Crippen molar-refractivity contribution in [1.82, 2.24) is 0 Å². The third-order valence-electron chi connectivity index (χ3n) is 5.78. The molecule has 1 N–H and O–H groups in total. The van der Waals surface area contributed by atoms with E-state index in [1.54, 1.807) is 6.92 Å². The van der Waals surface area contributed by atoms with Gasteiger partial charge in [-0.15, -0.1) is 0 Å². The zero-order valence-corrected chi connectivity index (χ0v) is 20.4. The smallest absolute Gasteiger partial charge is 0.313 e. The van der Waals surface area contributed by atoms with Crippen molar-refractivity contribution in [2.45, 2.75) is 91.3 Å². The number of fused-ring (bicyclic) bond motifs is 1. The number of hydrogen-bond acceptors (Lipinski definition) is 6. The van der Waals surface area contributed by atoms with Crippen LogP contribution in [-0.4, -0.2) is 49.3 Å². The number of aliphatic hydroxyl groups is 1. The highest BCUT2D eigenvalue weighted by atomic mass is 16.5. The normalized spacial score (nSPS) is 15.4. The van der Waals surface area contributed by atoms with Crippen molar-refractivity contribution in [2.75, 3.05) is 25.6 Å². The molecule has 1 aliphatic heterocycles. The first-order valence-corrected chi connectivity index (χ1v) is 11.3. The van der Waals surface area contributed by atoms with Crippen LogP contribution in [0.3, 0.4) is 0 Å². The van der Waals surface area contributed by atoms with E-state index in [2.05, 4.69) is 53.6 Å². The van der Waals surface area contributed by atoms with Crippen molar-refractivity contribution in [1.29, 1.82) is 0 Å². The molecular formula is C25H39NO5. The fourth-order valence-electron chi connectivity index (χ4n) is 4.60. The summed E-state index contributed by atoms with van der Waals surface area (Å²) in [5.74, 6) is 0.396. The Labute approximate surface area is 186 Å². The lowest BCUT2D eigenvalue weighted by molar-refractivity contribution is -0.145. The number of esters is 1. The van der Waals surface area contributed by atoms with E-state index in [1.165, 1.54) is 22.4 Å². The SMILES string of the molecule is CCOC(=O)CC(=O)CC(O)CCc1c2c(c(C)c(N(C)C)c1C(C)C)CC(C)(C)O2. The number of carbonyl (C=O) groups excluding carboxylic acids is 2. The quantitative estimate of drug-likeness (QED) is 0.442. The van der Waals surface area contributed by atoms with Gasteiger partial charge in [0.15, 0.2) is 0 Å².